The van der Waals surface area contributed by atoms with Crippen LogP contribution in [0.25, 0.3) is 0 Å². The number of nitrogens with zero attached hydrogens (tertiary/aromatic N) is 1. The molecule has 1 fully saturated rings. The summed E-state index contributed by atoms with van der Waals surface area (Å²) in [6, 6.07) is 17.1. The van der Waals surface area contributed by atoms with E-state index in [9.17, 15) is 14.7 Å². The molecule has 1 aliphatic rings. The van der Waals surface area contributed by atoms with Gasteiger partial charge in [-0.1, -0.05) is 60.7 Å². The fraction of sp³-hybridized carbons (Fsp3) is 0.300. The Hall–Kier alpha value is -2.70. The molecule has 1 amide bonds. The number of hydrogen-bond donors (Lipinski definition) is 1. The summed E-state index contributed by atoms with van der Waals surface area (Å²) in [6.45, 7) is 1.46. The van der Waals surface area contributed by atoms with Gasteiger partial charge in [0.25, 0.3) is 5.91 Å². The highest BCUT2D eigenvalue weighted by molar-refractivity contribution is 5.88. The summed E-state index contributed by atoms with van der Waals surface area (Å²) >= 11 is 0. The van der Waals surface area contributed by atoms with Gasteiger partial charge in [-0.2, -0.15) is 0 Å². The molecule has 6 nitrogen and oxygen atoms in total. The van der Waals surface area contributed by atoms with Gasteiger partial charge in [0.05, 0.1) is 13.2 Å². The highest BCUT2D eigenvalue weighted by atomic mass is 16.6. The smallest absolute Gasteiger partial charge is 0.348 e. The first kappa shape index (κ1) is 18.1. The quantitative estimate of drug-likeness (QED) is 0.819. The molecule has 26 heavy (non-hydrogen) atoms. The number of hydrogen-bond acceptors (Lipinski definition) is 5. The lowest BCUT2D eigenvalue weighted by Crippen LogP contribution is -2.44. The molecule has 1 aliphatic heterocycles. The van der Waals surface area contributed by atoms with Crippen molar-refractivity contribution in [2.45, 2.75) is 5.60 Å². The van der Waals surface area contributed by atoms with Gasteiger partial charge < -0.3 is 19.5 Å². The molecule has 1 N–H and O–H groups in total. The zero-order valence-corrected chi connectivity index (χ0v) is 14.3. The highest BCUT2D eigenvalue weighted by Crippen LogP contribution is 2.31. The topological polar surface area (TPSA) is 76.1 Å². The molecule has 1 heterocycles. The van der Waals surface area contributed by atoms with Crippen LogP contribution < -0.4 is 0 Å². The average Bonchev–Trinajstić information content (AvgIpc) is 2.73. The van der Waals surface area contributed by atoms with Gasteiger partial charge in [-0.15, -0.1) is 0 Å². The minimum Gasteiger partial charge on any atom is -0.453 e. The van der Waals surface area contributed by atoms with Crippen molar-refractivity contribution in [1.82, 2.24) is 4.90 Å². The molecule has 0 aliphatic carbocycles. The maximum absolute atomic E-state index is 12.8. The van der Waals surface area contributed by atoms with Crippen molar-refractivity contribution in [2.24, 2.45) is 0 Å². The van der Waals surface area contributed by atoms with Crippen molar-refractivity contribution in [3.8, 4) is 0 Å². The van der Waals surface area contributed by atoms with Crippen LogP contribution in [0.4, 0.5) is 0 Å². The van der Waals surface area contributed by atoms with Crippen molar-refractivity contribution in [3.63, 3.8) is 0 Å². The monoisotopic (exact) mass is 355 g/mol. The van der Waals surface area contributed by atoms with Crippen LogP contribution in [0.5, 0.6) is 0 Å². The molecular formula is C20H21NO5. The van der Waals surface area contributed by atoms with E-state index >= 15 is 0 Å². The van der Waals surface area contributed by atoms with Gasteiger partial charge in [-0.25, -0.2) is 4.79 Å². The maximum atomic E-state index is 12.8. The van der Waals surface area contributed by atoms with Crippen molar-refractivity contribution in [2.75, 3.05) is 32.9 Å². The summed E-state index contributed by atoms with van der Waals surface area (Å²) in [5, 5.41) is 11.2. The molecule has 6 heteroatoms. The van der Waals surface area contributed by atoms with Crippen molar-refractivity contribution >= 4 is 11.9 Å². The molecule has 1 saturated heterocycles. The molecule has 0 atom stereocenters. The zero-order chi connectivity index (χ0) is 18.4. The van der Waals surface area contributed by atoms with E-state index in [1.807, 2.05) is 0 Å². The molecule has 0 unspecified atom stereocenters. The second kappa shape index (κ2) is 8.12. The Balaban J connectivity index is 1.79. The van der Waals surface area contributed by atoms with Gasteiger partial charge in [0.15, 0.2) is 6.61 Å². The summed E-state index contributed by atoms with van der Waals surface area (Å²) in [5.74, 6) is -1.18. The normalized spacial score (nSPS) is 14.7. The van der Waals surface area contributed by atoms with Crippen molar-refractivity contribution in [3.05, 3.63) is 71.8 Å². The molecule has 0 bridgehead atoms. The Morgan fingerprint density at radius 1 is 0.962 bits per heavy atom. The van der Waals surface area contributed by atoms with Gasteiger partial charge in [0.1, 0.15) is 0 Å². The first-order valence-corrected chi connectivity index (χ1v) is 8.48. The number of benzene rings is 2. The summed E-state index contributed by atoms with van der Waals surface area (Å²) < 4.78 is 10.4. The van der Waals surface area contributed by atoms with Crippen LogP contribution in [0.15, 0.2) is 60.7 Å². The average molecular weight is 355 g/mol. The van der Waals surface area contributed by atoms with Crippen LogP contribution in [-0.2, 0) is 24.7 Å². The third kappa shape index (κ3) is 3.76. The van der Waals surface area contributed by atoms with E-state index in [-0.39, 0.29) is 5.91 Å². The number of aliphatic hydroxyl groups is 1. The van der Waals surface area contributed by atoms with Gasteiger partial charge in [-0.3, -0.25) is 4.79 Å². The fourth-order valence-corrected chi connectivity index (χ4v) is 2.90. The van der Waals surface area contributed by atoms with Gasteiger partial charge in [-0.05, 0) is 11.1 Å². The molecule has 0 spiro atoms. The Kier molecular flexibility index (Phi) is 5.65. The summed E-state index contributed by atoms with van der Waals surface area (Å²) in [6.07, 6.45) is 0. The van der Waals surface area contributed by atoms with Gasteiger partial charge in [0.2, 0.25) is 5.60 Å². The van der Waals surface area contributed by atoms with E-state index in [0.717, 1.165) is 0 Å². The zero-order valence-electron chi connectivity index (χ0n) is 14.3. The fourth-order valence-electron chi connectivity index (χ4n) is 2.90. The minimum absolute atomic E-state index is 0.301. The molecule has 0 saturated carbocycles. The van der Waals surface area contributed by atoms with Gasteiger partial charge >= 0.3 is 5.97 Å². The Morgan fingerprint density at radius 3 is 1.96 bits per heavy atom. The lowest BCUT2D eigenvalue weighted by Gasteiger charge is -2.29. The lowest BCUT2D eigenvalue weighted by atomic mass is 9.86. The first-order valence-electron chi connectivity index (χ1n) is 8.48. The largest absolute Gasteiger partial charge is 0.453 e. The number of carbonyl (C=O) groups is 2. The number of morpholine rings is 1. The van der Waals surface area contributed by atoms with Crippen LogP contribution in [0.2, 0.25) is 0 Å². The third-order valence-corrected chi connectivity index (χ3v) is 4.37. The minimum atomic E-state index is -1.98. The molecule has 3 rings (SSSR count). The van der Waals surface area contributed by atoms with E-state index < -0.39 is 18.2 Å². The van der Waals surface area contributed by atoms with E-state index in [4.69, 9.17) is 9.47 Å². The number of ether oxygens (including phenoxy) is 2. The highest BCUT2D eigenvalue weighted by Gasteiger charge is 2.42. The number of esters is 1. The molecule has 0 aromatic heterocycles. The Labute approximate surface area is 152 Å². The summed E-state index contributed by atoms with van der Waals surface area (Å²) in [4.78, 5) is 26.6. The van der Waals surface area contributed by atoms with Crippen LogP contribution >= 0.6 is 0 Å². The molecule has 0 radical (unpaired) electrons. The lowest BCUT2D eigenvalue weighted by molar-refractivity contribution is -0.167. The van der Waals surface area contributed by atoms with Crippen LogP contribution in [0.3, 0.4) is 0 Å². The van der Waals surface area contributed by atoms with E-state index in [0.29, 0.717) is 37.4 Å². The van der Waals surface area contributed by atoms with Crippen LogP contribution in [0, 0.1) is 0 Å². The van der Waals surface area contributed by atoms with Crippen LogP contribution in [-0.4, -0.2) is 54.8 Å². The number of rotatable bonds is 5. The summed E-state index contributed by atoms with van der Waals surface area (Å²) in [7, 11) is 0. The maximum Gasteiger partial charge on any atom is 0.348 e. The number of amides is 1. The Bertz CT molecular complexity index is 702. The Morgan fingerprint density at radius 2 is 1.46 bits per heavy atom. The number of carbonyl (C=O) groups excluding carboxylic acids is 2. The van der Waals surface area contributed by atoms with E-state index in [1.165, 1.54) is 0 Å². The SMILES string of the molecule is O=C(COC(=O)C(O)(c1ccccc1)c1ccccc1)N1CCOCC1. The van der Waals surface area contributed by atoms with Crippen molar-refractivity contribution in [1.29, 1.82) is 0 Å². The second-order valence-corrected chi connectivity index (χ2v) is 6.01. The molecular weight excluding hydrogens is 334 g/mol. The molecule has 2 aromatic rings. The molecule has 136 valence electrons. The standard InChI is InChI=1S/C20H21NO5/c22-18(21-11-13-25-14-12-21)15-26-19(23)20(24,16-7-3-1-4-8-16)17-9-5-2-6-10-17/h1-10,24H,11-15H2. The van der Waals surface area contributed by atoms with Crippen molar-refractivity contribution < 1.29 is 24.2 Å². The van der Waals surface area contributed by atoms with E-state index in [2.05, 4.69) is 0 Å². The predicted molar refractivity (Wildman–Crippen MR) is 94.2 cm³/mol. The van der Waals surface area contributed by atoms with Gasteiger partial charge in [0, 0.05) is 13.1 Å². The van der Waals surface area contributed by atoms with Crippen LogP contribution in [0.1, 0.15) is 11.1 Å². The first-order chi connectivity index (χ1) is 12.6. The third-order valence-electron chi connectivity index (χ3n) is 4.37. The summed E-state index contributed by atoms with van der Waals surface area (Å²) in [5.41, 5.74) is -1.21. The molecule has 2 aromatic carbocycles. The van der Waals surface area contributed by atoms with E-state index in [1.54, 1.807) is 65.6 Å². The predicted octanol–water partition coefficient (Wildman–Crippen LogP) is 1.32. The second-order valence-electron chi connectivity index (χ2n) is 6.01.